The summed E-state index contributed by atoms with van der Waals surface area (Å²) in [6.45, 7) is 4.55. The first-order valence-corrected chi connectivity index (χ1v) is 13.8. The smallest absolute Gasteiger partial charge is 0.263 e. The van der Waals surface area contributed by atoms with Crippen LogP contribution in [0, 0.1) is 6.92 Å². The molecule has 1 unspecified atom stereocenters. The van der Waals surface area contributed by atoms with Crippen LogP contribution in [0.1, 0.15) is 20.0 Å². The number of benzene rings is 2. The Balaban J connectivity index is 0.00000320. The van der Waals surface area contributed by atoms with E-state index in [9.17, 15) is 18.0 Å². The van der Waals surface area contributed by atoms with Crippen LogP contribution in [0.4, 0.5) is 10.8 Å². The maximum Gasteiger partial charge on any atom is 0.263 e. The van der Waals surface area contributed by atoms with E-state index in [-0.39, 0.29) is 29.8 Å². The highest BCUT2D eigenvalue weighted by atomic mass is 32.2. The molecular formula is C25H27N5O4S2. The van der Waals surface area contributed by atoms with Crippen molar-refractivity contribution in [3.8, 4) is 0 Å². The number of carbonyl (C=O) groups is 2. The fourth-order valence-electron chi connectivity index (χ4n) is 4.39. The molecule has 2 aromatic heterocycles. The number of nitrogens with one attached hydrogen (secondary N) is 1. The summed E-state index contributed by atoms with van der Waals surface area (Å²) in [5.74, 6) is -0.331. The van der Waals surface area contributed by atoms with E-state index in [1.807, 2.05) is 42.8 Å². The maximum atomic E-state index is 13.2. The Kier molecular flexibility index (Phi) is 6.27. The predicted octanol–water partition coefficient (Wildman–Crippen LogP) is 3.89. The van der Waals surface area contributed by atoms with Crippen LogP contribution in [0.25, 0.3) is 10.9 Å². The zero-order chi connectivity index (χ0) is 25.4. The van der Waals surface area contributed by atoms with E-state index in [4.69, 9.17) is 0 Å². The lowest BCUT2D eigenvalue weighted by Gasteiger charge is -2.35. The minimum absolute atomic E-state index is 0. The van der Waals surface area contributed by atoms with Crippen LogP contribution in [0.2, 0.25) is 0 Å². The summed E-state index contributed by atoms with van der Waals surface area (Å²) in [5.41, 5.74) is 2.72. The molecule has 1 saturated heterocycles. The molecule has 1 aliphatic heterocycles. The minimum atomic E-state index is -3.77. The fourth-order valence-corrected chi connectivity index (χ4v) is 6.18. The SMILES string of the molecule is Cc1ccc2c(ccn2C(C)C(=O)N2CCN(c3ccc(S(=O)(=O)Nc4nccs4)cc3)C(=O)C2)c1.[HH]. The van der Waals surface area contributed by atoms with E-state index in [0.717, 1.165) is 16.5 Å². The molecule has 5 rings (SSSR count). The molecule has 1 aliphatic rings. The average molecular weight is 526 g/mol. The lowest BCUT2D eigenvalue weighted by molar-refractivity contribution is -0.139. The highest BCUT2D eigenvalue weighted by Gasteiger charge is 2.31. The summed E-state index contributed by atoms with van der Waals surface area (Å²) in [6, 6.07) is 13.8. The maximum absolute atomic E-state index is 13.2. The molecule has 4 aromatic rings. The van der Waals surface area contributed by atoms with Crippen LogP contribution < -0.4 is 9.62 Å². The number of carbonyl (C=O) groups excluding carboxylic acids is 2. The molecule has 0 spiro atoms. The molecule has 11 heteroatoms. The Morgan fingerprint density at radius 1 is 1.14 bits per heavy atom. The third-order valence-electron chi connectivity index (χ3n) is 6.30. The molecule has 0 aliphatic carbocycles. The molecule has 9 nitrogen and oxygen atoms in total. The largest absolute Gasteiger partial charge is 0.335 e. The summed E-state index contributed by atoms with van der Waals surface area (Å²) in [7, 11) is -3.77. The summed E-state index contributed by atoms with van der Waals surface area (Å²) in [6.07, 6.45) is 3.42. The van der Waals surface area contributed by atoms with E-state index in [1.165, 1.54) is 29.7 Å². The highest BCUT2D eigenvalue weighted by Crippen LogP contribution is 2.25. The number of hydrogen-bond donors (Lipinski definition) is 1. The second-order valence-electron chi connectivity index (χ2n) is 8.70. The first-order chi connectivity index (χ1) is 17.2. The van der Waals surface area contributed by atoms with Gasteiger partial charge in [-0.2, -0.15) is 0 Å². The molecule has 1 atom stereocenters. The van der Waals surface area contributed by atoms with Crippen molar-refractivity contribution in [3.63, 3.8) is 0 Å². The van der Waals surface area contributed by atoms with Crippen molar-refractivity contribution < 1.29 is 19.4 Å². The third-order valence-corrected chi connectivity index (χ3v) is 8.47. The molecule has 0 radical (unpaired) electrons. The minimum Gasteiger partial charge on any atom is -0.335 e. The predicted molar refractivity (Wildman–Crippen MR) is 142 cm³/mol. The summed E-state index contributed by atoms with van der Waals surface area (Å²) >= 11 is 1.19. The number of fused-ring (bicyclic) bond motifs is 1. The van der Waals surface area contributed by atoms with Crippen molar-refractivity contribution >= 4 is 54.9 Å². The van der Waals surface area contributed by atoms with Gasteiger partial charge in [0.25, 0.3) is 10.0 Å². The zero-order valence-electron chi connectivity index (χ0n) is 19.8. The average Bonchev–Trinajstić information content (AvgIpc) is 3.52. The lowest BCUT2D eigenvalue weighted by Crippen LogP contribution is -2.53. The molecule has 36 heavy (non-hydrogen) atoms. The number of piperazine rings is 1. The second kappa shape index (κ2) is 9.40. The van der Waals surface area contributed by atoms with Crippen LogP contribution in [0.5, 0.6) is 0 Å². The van der Waals surface area contributed by atoms with Crippen molar-refractivity contribution in [3.05, 3.63) is 71.9 Å². The van der Waals surface area contributed by atoms with E-state index in [0.29, 0.717) is 18.8 Å². The molecule has 3 heterocycles. The normalized spacial score (nSPS) is 15.3. The van der Waals surface area contributed by atoms with Gasteiger partial charge >= 0.3 is 0 Å². The Bertz CT molecular complexity index is 1540. The van der Waals surface area contributed by atoms with Gasteiger partial charge in [-0.15, -0.1) is 11.3 Å². The van der Waals surface area contributed by atoms with Crippen LogP contribution in [-0.2, 0) is 19.6 Å². The number of anilines is 2. The van der Waals surface area contributed by atoms with Crippen molar-refractivity contribution in [1.82, 2.24) is 14.5 Å². The van der Waals surface area contributed by atoms with Crippen LogP contribution in [0.15, 0.2) is 71.2 Å². The number of rotatable bonds is 6. The van der Waals surface area contributed by atoms with Crippen LogP contribution in [-0.4, -0.2) is 54.3 Å². The quantitative estimate of drug-likeness (QED) is 0.411. The number of nitrogens with zero attached hydrogens (tertiary/aromatic N) is 4. The molecule has 0 saturated carbocycles. The van der Waals surface area contributed by atoms with E-state index >= 15 is 0 Å². The van der Waals surface area contributed by atoms with Crippen molar-refractivity contribution in [2.24, 2.45) is 0 Å². The number of amides is 2. The first-order valence-electron chi connectivity index (χ1n) is 11.4. The van der Waals surface area contributed by atoms with E-state index in [2.05, 4.69) is 15.8 Å². The van der Waals surface area contributed by atoms with Gasteiger partial charge in [0.15, 0.2) is 5.13 Å². The Morgan fingerprint density at radius 3 is 2.61 bits per heavy atom. The van der Waals surface area contributed by atoms with Crippen molar-refractivity contribution in [2.45, 2.75) is 24.8 Å². The monoisotopic (exact) mass is 525 g/mol. The number of sulfonamides is 1. The van der Waals surface area contributed by atoms with Crippen LogP contribution in [0.3, 0.4) is 0 Å². The molecule has 2 aromatic carbocycles. The van der Waals surface area contributed by atoms with Gasteiger partial charge in [0.05, 0.1) is 4.90 Å². The third kappa shape index (κ3) is 4.59. The number of hydrogen-bond acceptors (Lipinski definition) is 6. The summed E-state index contributed by atoms with van der Waals surface area (Å²) in [4.78, 5) is 33.4. The number of aromatic nitrogens is 2. The Morgan fingerprint density at radius 2 is 1.92 bits per heavy atom. The van der Waals surface area contributed by atoms with E-state index < -0.39 is 16.1 Å². The molecule has 2 amide bonds. The van der Waals surface area contributed by atoms with Crippen LogP contribution >= 0.6 is 11.3 Å². The lowest BCUT2D eigenvalue weighted by atomic mass is 10.1. The van der Waals surface area contributed by atoms with Gasteiger partial charge in [0, 0.05) is 43.5 Å². The Hall–Kier alpha value is -3.70. The van der Waals surface area contributed by atoms with Crippen molar-refractivity contribution in [1.29, 1.82) is 0 Å². The van der Waals surface area contributed by atoms with Crippen molar-refractivity contribution in [2.75, 3.05) is 29.3 Å². The van der Waals surface area contributed by atoms with Gasteiger partial charge in [-0.3, -0.25) is 14.3 Å². The standard InChI is InChI=1S/C25H25N5O4S2.H2/c1-17-3-8-22-19(15-17)9-11-29(22)18(2)24(32)28-12-13-30(23(31)16-28)20-4-6-21(7-5-20)36(33,34)27-25-26-10-14-35-25;/h3-11,14-15,18H,12-13,16H2,1-2H3,(H,26,27);1H. The van der Waals surface area contributed by atoms with Gasteiger partial charge in [-0.25, -0.2) is 13.4 Å². The van der Waals surface area contributed by atoms with Gasteiger partial charge in [-0.1, -0.05) is 11.6 Å². The molecule has 188 valence electrons. The summed E-state index contributed by atoms with van der Waals surface area (Å²) in [5, 5.41) is 3.04. The Labute approximate surface area is 214 Å². The number of aryl methyl sites for hydroxylation is 1. The van der Waals surface area contributed by atoms with Gasteiger partial charge < -0.3 is 14.4 Å². The van der Waals surface area contributed by atoms with Gasteiger partial charge in [0.1, 0.15) is 12.6 Å². The molecule has 0 bridgehead atoms. The molecular weight excluding hydrogens is 498 g/mol. The topological polar surface area (TPSA) is 105 Å². The zero-order valence-corrected chi connectivity index (χ0v) is 21.4. The van der Waals surface area contributed by atoms with E-state index in [1.54, 1.807) is 27.3 Å². The van der Waals surface area contributed by atoms with Gasteiger partial charge in [0.2, 0.25) is 11.8 Å². The second-order valence-corrected chi connectivity index (χ2v) is 11.3. The molecule has 1 N–H and O–H groups in total. The molecule has 1 fully saturated rings. The first kappa shape index (κ1) is 24.0. The number of thiazole rings is 1. The van der Waals surface area contributed by atoms with Gasteiger partial charge in [-0.05, 0) is 61.7 Å². The fraction of sp³-hybridized carbons (Fsp3) is 0.240. The summed E-state index contributed by atoms with van der Waals surface area (Å²) < 4.78 is 29.5. The highest BCUT2D eigenvalue weighted by molar-refractivity contribution is 7.93.